The van der Waals surface area contributed by atoms with Crippen LogP contribution in [0.15, 0.2) is 47.4 Å². The van der Waals surface area contributed by atoms with Gasteiger partial charge in [0.05, 0.1) is 23.1 Å². The first-order valence-corrected chi connectivity index (χ1v) is 9.36. The lowest BCUT2D eigenvalue weighted by Gasteiger charge is -2.24. The van der Waals surface area contributed by atoms with Crippen LogP contribution in [0.3, 0.4) is 0 Å². The van der Waals surface area contributed by atoms with E-state index in [4.69, 9.17) is 16.3 Å². The molecule has 0 saturated carbocycles. The number of hydrogen-bond acceptors (Lipinski definition) is 3. The Labute approximate surface area is 145 Å². The van der Waals surface area contributed by atoms with E-state index in [9.17, 15) is 12.8 Å². The third-order valence-corrected chi connectivity index (χ3v) is 6.37. The highest BCUT2D eigenvalue weighted by Crippen LogP contribution is 2.38. The first-order valence-electron chi connectivity index (χ1n) is 7.54. The van der Waals surface area contributed by atoms with Gasteiger partial charge in [0, 0.05) is 6.54 Å². The van der Waals surface area contributed by atoms with Crippen LogP contribution >= 0.6 is 11.6 Å². The van der Waals surface area contributed by atoms with Crippen molar-refractivity contribution in [2.24, 2.45) is 0 Å². The molecule has 1 atom stereocenters. The summed E-state index contributed by atoms with van der Waals surface area (Å²) in [6, 6.07) is 10.1. The molecule has 1 saturated heterocycles. The van der Waals surface area contributed by atoms with Gasteiger partial charge in [0.25, 0.3) is 0 Å². The molecule has 1 fully saturated rings. The van der Waals surface area contributed by atoms with E-state index in [1.807, 2.05) is 0 Å². The second-order valence-corrected chi connectivity index (χ2v) is 7.92. The van der Waals surface area contributed by atoms with Crippen molar-refractivity contribution in [3.63, 3.8) is 0 Å². The first kappa shape index (κ1) is 17.2. The van der Waals surface area contributed by atoms with Crippen LogP contribution in [0, 0.1) is 5.82 Å². The fourth-order valence-corrected chi connectivity index (χ4v) is 5.05. The van der Waals surface area contributed by atoms with Gasteiger partial charge in [-0.15, -0.1) is 0 Å². The maximum Gasteiger partial charge on any atom is 0.243 e. The van der Waals surface area contributed by atoms with Gasteiger partial charge in [0.2, 0.25) is 10.0 Å². The van der Waals surface area contributed by atoms with E-state index in [0.717, 1.165) is 6.42 Å². The minimum Gasteiger partial charge on any atom is -0.495 e. The Morgan fingerprint density at radius 2 is 2.04 bits per heavy atom. The molecule has 0 radical (unpaired) electrons. The molecule has 24 heavy (non-hydrogen) atoms. The highest BCUT2D eigenvalue weighted by atomic mass is 35.5. The van der Waals surface area contributed by atoms with Crippen molar-refractivity contribution in [2.75, 3.05) is 13.7 Å². The molecule has 7 heteroatoms. The number of methoxy groups -OCH3 is 1. The van der Waals surface area contributed by atoms with Crippen molar-refractivity contribution in [1.29, 1.82) is 0 Å². The summed E-state index contributed by atoms with van der Waals surface area (Å²) in [5, 5.41) is 0.236. The van der Waals surface area contributed by atoms with Crippen molar-refractivity contribution < 1.29 is 17.5 Å². The summed E-state index contributed by atoms with van der Waals surface area (Å²) in [4.78, 5) is 0.108. The van der Waals surface area contributed by atoms with E-state index in [2.05, 4.69) is 0 Å². The molecule has 0 amide bonds. The van der Waals surface area contributed by atoms with Gasteiger partial charge < -0.3 is 4.74 Å². The average molecular weight is 370 g/mol. The first-order chi connectivity index (χ1) is 11.4. The second kappa shape index (κ2) is 6.70. The molecule has 2 aromatic carbocycles. The van der Waals surface area contributed by atoms with Gasteiger partial charge in [-0.2, -0.15) is 4.31 Å². The zero-order chi connectivity index (χ0) is 17.3. The van der Waals surface area contributed by atoms with Crippen LogP contribution in [-0.4, -0.2) is 26.4 Å². The summed E-state index contributed by atoms with van der Waals surface area (Å²) in [7, 11) is -2.26. The normalized spacial score (nSPS) is 18.7. The van der Waals surface area contributed by atoms with Crippen molar-refractivity contribution in [2.45, 2.75) is 23.8 Å². The Kier molecular flexibility index (Phi) is 4.80. The molecule has 1 aliphatic heterocycles. The van der Waals surface area contributed by atoms with Gasteiger partial charge in [-0.25, -0.2) is 12.8 Å². The second-order valence-electron chi connectivity index (χ2n) is 5.63. The van der Waals surface area contributed by atoms with E-state index in [-0.39, 0.29) is 21.8 Å². The van der Waals surface area contributed by atoms with Gasteiger partial charge in [0.15, 0.2) is 0 Å². The van der Waals surface area contributed by atoms with Crippen molar-refractivity contribution in [3.8, 4) is 5.75 Å². The van der Waals surface area contributed by atoms with Crippen LogP contribution in [0.4, 0.5) is 4.39 Å². The van der Waals surface area contributed by atoms with Gasteiger partial charge in [-0.1, -0.05) is 23.7 Å². The summed E-state index contributed by atoms with van der Waals surface area (Å²) < 4.78 is 46.0. The van der Waals surface area contributed by atoms with Crippen LogP contribution in [0.25, 0.3) is 0 Å². The Hall–Kier alpha value is -1.63. The third kappa shape index (κ3) is 3.14. The quantitative estimate of drug-likeness (QED) is 0.817. The third-order valence-electron chi connectivity index (χ3n) is 4.17. The smallest absolute Gasteiger partial charge is 0.243 e. The SMILES string of the molecule is COc1ccc(S(=O)(=O)N2CCC[C@H]2c2cccc(F)c2)cc1Cl. The average Bonchev–Trinajstić information content (AvgIpc) is 3.05. The molecule has 128 valence electrons. The summed E-state index contributed by atoms with van der Waals surface area (Å²) in [5.41, 5.74) is 0.663. The van der Waals surface area contributed by atoms with Crippen molar-refractivity contribution >= 4 is 21.6 Å². The molecule has 0 aromatic heterocycles. The van der Waals surface area contributed by atoms with Crippen molar-refractivity contribution in [3.05, 3.63) is 58.9 Å². The zero-order valence-electron chi connectivity index (χ0n) is 13.1. The number of ether oxygens (including phenoxy) is 1. The van der Waals surface area contributed by atoms with Crippen LogP contribution in [0.1, 0.15) is 24.4 Å². The number of nitrogens with zero attached hydrogens (tertiary/aromatic N) is 1. The molecule has 0 bridgehead atoms. The minimum absolute atomic E-state index is 0.108. The Balaban J connectivity index is 1.98. The van der Waals surface area contributed by atoms with Gasteiger partial charge in [-0.05, 0) is 48.7 Å². The minimum atomic E-state index is -3.73. The summed E-state index contributed by atoms with van der Waals surface area (Å²) >= 11 is 6.06. The number of hydrogen-bond donors (Lipinski definition) is 0. The van der Waals surface area contributed by atoms with E-state index >= 15 is 0 Å². The lowest BCUT2D eigenvalue weighted by molar-refractivity contribution is 0.395. The number of benzene rings is 2. The number of sulfonamides is 1. The zero-order valence-corrected chi connectivity index (χ0v) is 14.6. The van der Waals surface area contributed by atoms with Crippen LogP contribution < -0.4 is 4.74 Å². The molecule has 1 aliphatic rings. The van der Waals surface area contributed by atoms with E-state index in [1.165, 1.54) is 41.7 Å². The van der Waals surface area contributed by atoms with Crippen molar-refractivity contribution in [1.82, 2.24) is 4.31 Å². The van der Waals surface area contributed by atoms with Crippen LogP contribution in [0.2, 0.25) is 5.02 Å². The topological polar surface area (TPSA) is 46.6 Å². The van der Waals surface area contributed by atoms with Gasteiger partial charge in [0.1, 0.15) is 11.6 Å². The largest absolute Gasteiger partial charge is 0.495 e. The molecule has 2 aromatic rings. The Morgan fingerprint density at radius 1 is 1.25 bits per heavy atom. The lowest BCUT2D eigenvalue weighted by Crippen LogP contribution is -2.30. The maximum atomic E-state index is 13.5. The monoisotopic (exact) mass is 369 g/mol. The number of halogens is 2. The predicted molar refractivity (Wildman–Crippen MR) is 90.3 cm³/mol. The predicted octanol–water partition coefficient (Wildman–Crippen LogP) is 4.01. The maximum absolute atomic E-state index is 13.5. The molecule has 3 rings (SSSR count). The highest BCUT2D eigenvalue weighted by Gasteiger charge is 2.36. The Bertz CT molecular complexity index is 857. The van der Waals surface area contributed by atoms with E-state index < -0.39 is 10.0 Å². The summed E-state index contributed by atoms with van der Waals surface area (Å²) in [6.07, 6.45) is 1.39. The molecule has 1 heterocycles. The molecule has 4 nitrogen and oxygen atoms in total. The standard InChI is InChI=1S/C17H17ClFNO3S/c1-23-17-8-7-14(11-15(17)18)24(21,22)20-9-3-6-16(20)12-4-2-5-13(19)10-12/h2,4-5,7-8,10-11,16H,3,6,9H2,1H3/t16-/m0/s1. The molecule has 0 spiro atoms. The summed E-state index contributed by atoms with van der Waals surface area (Å²) in [6.45, 7) is 0.396. The summed E-state index contributed by atoms with van der Waals surface area (Å²) in [5.74, 6) is 0.0444. The molecule has 0 unspecified atom stereocenters. The van der Waals surface area contributed by atoms with Crippen LogP contribution in [-0.2, 0) is 10.0 Å². The van der Waals surface area contributed by atoms with Gasteiger partial charge >= 0.3 is 0 Å². The molecule has 0 aliphatic carbocycles. The number of rotatable bonds is 4. The van der Waals surface area contributed by atoms with Gasteiger partial charge in [-0.3, -0.25) is 0 Å². The van der Waals surface area contributed by atoms with E-state index in [0.29, 0.717) is 24.3 Å². The fourth-order valence-electron chi connectivity index (χ4n) is 3.02. The highest BCUT2D eigenvalue weighted by molar-refractivity contribution is 7.89. The molecular weight excluding hydrogens is 353 g/mol. The van der Waals surface area contributed by atoms with E-state index in [1.54, 1.807) is 12.1 Å². The molecule has 0 N–H and O–H groups in total. The lowest BCUT2D eigenvalue weighted by atomic mass is 10.1. The Morgan fingerprint density at radius 3 is 2.71 bits per heavy atom. The fraction of sp³-hybridized carbons (Fsp3) is 0.294. The molecular formula is C17H17ClFNO3S. The van der Waals surface area contributed by atoms with Crippen LogP contribution in [0.5, 0.6) is 5.75 Å².